The average Bonchev–Trinajstić information content (AvgIpc) is 2.67. The van der Waals surface area contributed by atoms with E-state index in [0.717, 1.165) is 29.8 Å². The van der Waals surface area contributed by atoms with Crippen LogP contribution >= 0.6 is 0 Å². The highest BCUT2D eigenvalue weighted by Gasteiger charge is 2.04. The van der Waals surface area contributed by atoms with Crippen molar-refractivity contribution in [2.45, 2.75) is 45.6 Å². The minimum absolute atomic E-state index is 0.0859. The summed E-state index contributed by atoms with van der Waals surface area (Å²) >= 11 is 0. The van der Waals surface area contributed by atoms with Gasteiger partial charge in [-0.1, -0.05) is 32.6 Å². The molecule has 0 saturated heterocycles. The molecule has 2 aromatic rings. The minimum Gasteiger partial charge on any atom is -0.489 e. The van der Waals surface area contributed by atoms with Crippen molar-refractivity contribution in [1.82, 2.24) is 0 Å². The van der Waals surface area contributed by atoms with Crippen LogP contribution in [-0.4, -0.2) is 17.7 Å². The summed E-state index contributed by atoms with van der Waals surface area (Å²) in [6.45, 7) is 3.47. The molecule has 0 bridgehead atoms. The highest BCUT2D eigenvalue weighted by Crippen LogP contribution is 2.16. The van der Waals surface area contributed by atoms with Crippen LogP contribution in [0.3, 0.4) is 0 Å². The van der Waals surface area contributed by atoms with Gasteiger partial charge in [-0.3, -0.25) is 15.1 Å². The van der Waals surface area contributed by atoms with E-state index < -0.39 is 4.92 Å². The van der Waals surface area contributed by atoms with Gasteiger partial charge in [-0.25, -0.2) is 0 Å². The fraction of sp³-hybridized carbons (Fsp3) is 0.381. The lowest BCUT2D eigenvalue weighted by atomic mass is 10.1. The molecule has 0 aliphatic rings. The quantitative estimate of drug-likeness (QED) is 0.229. The lowest BCUT2D eigenvalue weighted by molar-refractivity contribution is -0.384. The molecule has 138 valence electrons. The van der Waals surface area contributed by atoms with Gasteiger partial charge in [-0.05, 0) is 53.9 Å². The molecule has 0 unspecified atom stereocenters. The van der Waals surface area contributed by atoms with Crippen molar-refractivity contribution < 1.29 is 9.66 Å². The highest BCUT2D eigenvalue weighted by atomic mass is 16.6. The summed E-state index contributed by atoms with van der Waals surface area (Å²) in [4.78, 5) is 14.7. The van der Waals surface area contributed by atoms with E-state index in [2.05, 4.69) is 11.9 Å². The van der Waals surface area contributed by atoms with Gasteiger partial charge < -0.3 is 4.74 Å². The van der Waals surface area contributed by atoms with Crippen LogP contribution in [0.1, 0.15) is 50.2 Å². The summed E-state index contributed by atoms with van der Waals surface area (Å²) in [7, 11) is 0. The van der Waals surface area contributed by atoms with Crippen molar-refractivity contribution in [2.75, 3.05) is 6.54 Å². The number of non-ortho nitro benzene ring substituents is 1. The van der Waals surface area contributed by atoms with Crippen LogP contribution in [0, 0.1) is 10.1 Å². The van der Waals surface area contributed by atoms with E-state index in [0.29, 0.717) is 6.61 Å². The number of nitrogens with zero attached hydrogens (tertiary/aromatic N) is 2. The largest absolute Gasteiger partial charge is 0.489 e. The summed E-state index contributed by atoms with van der Waals surface area (Å²) in [6.07, 6.45) is 8.17. The summed E-state index contributed by atoms with van der Waals surface area (Å²) < 4.78 is 5.71. The van der Waals surface area contributed by atoms with Gasteiger partial charge in [0.1, 0.15) is 12.4 Å². The van der Waals surface area contributed by atoms with Gasteiger partial charge in [-0.2, -0.15) is 0 Å². The van der Waals surface area contributed by atoms with Gasteiger partial charge in [0.2, 0.25) is 0 Å². The number of unbranched alkanes of at least 4 members (excludes halogenated alkanes) is 4. The molecule has 5 nitrogen and oxygen atoms in total. The molecule has 0 radical (unpaired) electrons. The van der Waals surface area contributed by atoms with E-state index in [1.807, 2.05) is 30.5 Å². The van der Waals surface area contributed by atoms with E-state index in [1.165, 1.54) is 37.8 Å². The number of benzene rings is 2. The van der Waals surface area contributed by atoms with E-state index in [9.17, 15) is 10.1 Å². The molecule has 0 heterocycles. The first kappa shape index (κ1) is 19.6. The monoisotopic (exact) mass is 354 g/mol. The Kier molecular flexibility index (Phi) is 8.33. The number of rotatable bonds is 11. The molecule has 5 heteroatoms. The standard InChI is InChI=1S/C21H26N2O3/c1-2-3-4-5-6-15-22-16-18-9-13-21(14-10-18)26-17-19-7-11-20(12-8-19)23(24)25/h7-14,16H,2-6,15,17H2,1H3. The van der Waals surface area contributed by atoms with E-state index in [1.54, 1.807) is 12.1 Å². The number of nitro benzene ring substituents is 1. The second-order valence-electron chi connectivity index (χ2n) is 6.23. The molecule has 2 rings (SSSR count). The maximum absolute atomic E-state index is 10.6. The summed E-state index contributed by atoms with van der Waals surface area (Å²) in [5.41, 5.74) is 2.04. The van der Waals surface area contributed by atoms with Crippen molar-refractivity contribution in [3.05, 3.63) is 69.8 Å². The Labute approximate surface area is 154 Å². The number of nitro groups is 1. The molecule has 0 fully saturated rings. The van der Waals surface area contributed by atoms with Gasteiger partial charge >= 0.3 is 0 Å². The zero-order chi connectivity index (χ0) is 18.6. The van der Waals surface area contributed by atoms with Crippen molar-refractivity contribution in [1.29, 1.82) is 0 Å². The highest BCUT2D eigenvalue weighted by molar-refractivity contribution is 5.79. The topological polar surface area (TPSA) is 64.7 Å². The van der Waals surface area contributed by atoms with Crippen molar-refractivity contribution in [3.8, 4) is 5.75 Å². The van der Waals surface area contributed by atoms with Crippen molar-refractivity contribution in [2.24, 2.45) is 4.99 Å². The van der Waals surface area contributed by atoms with Crippen LogP contribution in [0.2, 0.25) is 0 Å². The molecular formula is C21H26N2O3. The Bertz CT molecular complexity index is 694. The third-order valence-electron chi connectivity index (χ3n) is 4.06. The molecule has 0 aliphatic carbocycles. The summed E-state index contributed by atoms with van der Waals surface area (Å²) in [5.74, 6) is 0.764. The molecule has 26 heavy (non-hydrogen) atoms. The van der Waals surface area contributed by atoms with E-state index in [4.69, 9.17) is 4.74 Å². The zero-order valence-electron chi connectivity index (χ0n) is 15.3. The average molecular weight is 354 g/mol. The SMILES string of the molecule is CCCCCCCN=Cc1ccc(OCc2ccc([N+](=O)[O-])cc2)cc1. The van der Waals surface area contributed by atoms with Gasteiger partial charge in [0.15, 0.2) is 0 Å². The Balaban J connectivity index is 1.74. The van der Waals surface area contributed by atoms with E-state index >= 15 is 0 Å². The molecule has 0 aromatic heterocycles. The molecular weight excluding hydrogens is 328 g/mol. The smallest absolute Gasteiger partial charge is 0.269 e. The van der Waals surface area contributed by atoms with Crippen molar-refractivity contribution in [3.63, 3.8) is 0 Å². The zero-order valence-corrected chi connectivity index (χ0v) is 15.3. The first-order valence-electron chi connectivity index (χ1n) is 9.15. The van der Waals surface area contributed by atoms with Crippen LogP contribution in [0.25, 0.3) is 0 Å². The third kappa shape index (κ3) is 7.05. The second kappa shape index (κ2) is 11.0. The predicted molar refractivity (Wildman–Crippen MR) is 105 cm³/mol. The lowest BCUT2D eigenvalue weighted by Gasteiger charge is -2.06. The Hall–Kier alpha value is -2.69. The number of ether oxygens (including phenoxy) is 1. The molecule has 0 spiro atoms. The second-order valence-corrected chi connectivity index (χ2v) is 6.23. The van der Waals surface area contributed by atoms with Gasteiger partial charge in [0, 0.05) is 24.9 Å². The molecule has 2 aromatic carbocycles. The Morgan fingerprint density at radius 1 is 1.00 bits per heavy atom. The first-order chi connectivity index (χ1) is 12.7. The maximum atomic E-state index is 10.6. The van der Waals surface area contributed by atoms with Gasteiger partial charge in [0.25, 0.3) is 5.69 Å². The molecule has 0 amide bonds. The predicted octanol–water partition coefficient (Wildman–Crippen LogP) is 5.56. The van der Waals surface area contributed by atoms with Crippen LogP contribution in [0.15, 0.2) is 53.5 Å². The number of hydrogen-bond donors (Lipinski definition) is 0. The molecule has 0 aliphatic heterocycles. The number of aliphatic imine (C=N–C) groups is 1. The molecule has 0 N–H and O–H groups in total. The lowest BCUT2D eigenvalue weighted by Crippen LogP contribution is -1.96. The fourth-order valence-electron chi connectivity index (χ4n) is 2.51. The normalized spacial score (nSPS) is 11.0. The Morgan fingerprint density at radius 2 is 1.69 bits per heavy atom. The molecule has 0 saturated carbocycles. The van der Waals surface area contributed by atoms with Gasteiger partial charge in [-0.15, -0.1) is 0 Å². The summed E-state index contributed by atoms with van der Waals surface area (Å²) in [5, 5.41) is 10.6. The van der Waals surface area contributed by atoms with Crippen LogP contribution in [0.5, 0.6) is 5.75 Å². The minimum atomic E-state index is -0.407. The van der Waals surface area contributed by atoms with E-state index in [-0.39, 0.29) is 5.69 Å². The van der Waals surface area contributed by atoms with Crippen LogP contribution < -0.4 is 4.74 Å². The Morgan fingerprint density at radius 3 is 2.35 bits per heavy atom. The first-order valence-corrected chi connectivity index (χ1v) is 9.15. The third-order valence-corrected chi connectivity index (χ3v) is 4.06. The molecule has 0 atom stereocenters. The van der Waals surface area contributed by atoms with Gasteiger partial charge in [0.05, 0.1) is 4.92 Å². The van der Waals surface area contributed by atoms with Crippen molar-refractivity contribution >= 4 is 11.9 Å². The van der Waals surface area contributed by atoms with Crippen LogP contribution in [0.4, 0.5) is 5.69 Å². The number of hydrogen-bond acceptors (Lipinski definition) is 4. The fourth-order valence-corrected chi connectivity index (χ4v) is 2.51. The van der Waals surface area contributed by atoms with Crippen LogP contribution in [-0.2, 0) is 6.61 Å². The summed E-state index contributed by atoms with van der Waals surface area (Å²) in [6, 6.07) is 14.2. The maximum Gasteiger partial charge on any atom is 0.269 e.